The number of halogens is 2. The van der Waals surface area contributed by atoms with Gasteiger partial charge in [0.25, 0.3) is 5.56 Å². The zero-order valence-corrected chi connectivity index (χ0v) is 13.7. The van der Waals surface area contributed by atoms with Crippen molar-refractivity contribution in [1.29, 1.82) is 0 Å². The molecule has 0 fully saturated rings. The third-order valence-electron chi connectivity index (χ3n) is 3.09. The lowest BCUT2D eigenvalue weighted by Crippen LogP contribution is -2.29. The van der Waals surface area contributed by atoms with Gasteiger partial charge in [-0.25, -0.2) is 14.1 Å². The lowest BCUT2D eigenvalue weighted by molar-refractivity contribution is 0.626. The molecule has 3 rings (SSSR count). The van der Waals surface area contributed by atoms with Crippen LogP contribution in [0.15, 0.2) is 56.9 Å². The fourth-order valence-electron chi connectivity index (χ4n) is 2.03. The summed E-state index contributed by atoms with van der Waals surface area (Å²) in [7, 11) is 0. The van der Waals surface area contributed by atoms with Crippen molar-refractivity contribution in [2.75, 3.05) is 5.84 Å². The zero-order chi connectivity index (χ0) is 15.7. The normalized spacial score (nSPS) is 11.0. The summed E-state index contributed by atoms with van der Waals surface area (Å²) in [6.45, 7) is 0. The number of benzene rings is 2. The molecule has 4 nitrogen and oxygen atoms in total. The van der Waals surface area contributed by atoms with E-state index in [1.54, 1.807) is 18.2 Å². The molecule has 0 saturated carbocycles. The van der Waals surface area contributed by atoms with E-state index in [0.29, 0.717) is 21.8 Å². The van der Waals surface area contributed by atoms with Crippen LogP contribution in [0.3, 0.4) is 0 Å². The van der Waals surface area contributed by atoms with Crippen LogP contribution in [-0.2, 0) is 5.75 Å². The molecule has 1 aromatic heterocycles. The maximum Gasteiger partial charge on any atom is 0.280 e. The fourth-order valence-corrected chi connectivity index (χ4v) is 3.25. The van der Waals surface area contributed by atoms with Crippen molar-refractivity contribution in [2.24, 2.45) is 0 Å². The number of rotatable bonds is 3. The molecule has 0 atom stereocenters. The van der Waals surface area contributed by atoms with Crippen LogP contribution in [0.2, 0.25) is 0 Å². The molecule has 1 heterocycles. The predicted molar refractivity (Wildman–Crippen MR) is 89.8 cm³/mol. The summed E-state index contributed by atoms with van der Waals surface area (Å²) >= 11 is 4.61. The van der Waals surface area contributed by atoms with E-state index in [1.165, 1.54) is 23.9 Å². The predicted octanol–water partition coefficient (Wildman–Crippen LogP) is 3.30. The van der Waals surface area contributed by atoms with E-state index in [-0.39, 0.29) is 11.4 Å². The van der Waals surface area contributed by atoms with Crippen LogP contribution in [0.4, 0.5) is 4.39 Å². The van der Waals surface area contributed by atoms with E-state index in [2.05, 4.69) is 20.9 Å². The summed E-state index contributed by atoms with van der Waals surface area (Å²) in [5, 5.41) is 0.844. The summed E-state index contributed by atoms with van der Waals surface area (Å²) in [5.41, 5.74) is 1.07. The van der Waals surface area contributed by atoms with E-state index in [9.17, 15) is 9.18 Å². The van der Waals surface area contributed by atoms with Crippen molar-refractivity contribution in [2.45, 2.75) is 10.9 Å². The Morgan fingerprint density at radius 1 is 1.27 bits per heavy atom. The number of hydrogen-bond acceptors (Lipinski definition) is 4. The van der Waals surface area contributed by atoms with Gasteiger partial charge in [0.05, 0.1) is 10.9 Å². The number of nitrogens with two attached hydrogens (primary N) is 1. The van der Waals surface area contributed by atoms with Gasteiger partial charge in [-0.3, -0.25) is 4.79 Å². The molecule has 0 aliphatic rings. The lowest BCUT2D eigenvalue weighted by atomic mass is 10.2. The first kappa shape index (κ1) is 15.1. The van der Waals surface area contributed by atoms with E-state index in [4.69, 9.17) is 5.84 Å². The molecule has 112 valence electrons. The Labute approximate surface area is 138 Å². The Morgan fingerprint density at radius 2 is 2.09 bits per heavy atom. The molecule has 0 saturated heterocycles. The monoisotopic (exact) mass is 379 g/mol. The summed E-state index contributed by atoms with van der Waals surface area (Å²) < 4.78 is 15.0. The van der Waals surface area contributed by atoms with Crippen LogP contribution >= 0.6 is 27.7 Å². The van der Waals surface area contributed by atoms with Crippen LogP contribution in [0.1, 0.15) is 5.56 Å². The summed E-state index contributed by atoms with van der Waals surface area (Å²) in [5.74, 6) is 6.01. The molecule has 7 heteroatoms. The second-order valence-electron chi connectivity index (χ2n) is 4.65. The maximum absolute atomic E-state index is 13.2. The number of aromatic nitrogens is 2. The van der Waals surface area contributed by atoms with Gasteiger partial charge in [-0.2, -0.15) is 0 Å². The highest BCUT2D eigenvalue weighted by molar-refractivity contribution is 9.10. The van der Waals surface area contributed by atoms with Gasteiger partial charge in [0, 0.05) is 10.2 Å². The minimum atomic E-state index is -0.312. The second-order valence-corrected chi connectivity index (χ2v) is 6.51. The molecular weight excluding hydrogens is 369 g/mol. The Balaban J connectivity index is 1.96. The van der Waals surface area contributed by atoms with Crippen LogP contribution in [0, 0.1) is 5.82 Å². The molecule has 0 amide bonds. The smallest absolute Gasteiger partial charge is 0.280 e. The highest BCUT2D eigenvalue weighted by Gasteiger charge is 2.10. The van der Waals surface area contributed by atoms with Crippen molar-refractivity contribution in [3.05, 3.63) is 68.7 Å². The molecule has 0 aliphatic carbocycles. The number of nitrogens with zero attached hydrogens (tertiary/aromatic N) is 2. The Morgan fingerprint density at radius 3 is 2.86 bits per heavy atom. The summed E-state index contributed by atoms with van der Waals surface area (Å²) in [6.07, 6.45) is 0. The van der Waals surface area contributed by atoms with E-state index < -0.39 is 0 Å². The molecule has 0 spiro atoms. The van der Waals surface area contributed by atoms with Gasteiger partial charge in [-0.1, -0.05) is 39.8 Å². The highest BCUT2D eigenvalue weighted by Crippen LogP contribution is 2.22. The molecule has 2 N–H and O–H groups in total. The van der Waals surface area contributed by atoms with Crippen molar-refractivity contribution in [3.63, 3.8) is 0 Å². The average Bonchev–Trinajstić information content (AvgIpc) is 2.50. The Kier molecular flexibility index (Phi) is 4.17. The maximum atomic E-state index is 13.2. The Hall–Kier alpha value is -1.86. The van der Waals surface area contributed by atoms with Crippen LogP contribution in [0.25, 0.3) is 10.9 Å². The molecule has 22 heavy (non-hydrogen) atoms. The molecular formula is C15H11BrFN3OS. The fraction of sp³-hybridized carbons (Fsp3) is 0.0667. The van der Waals surface area contributed by atoms with Gasteiger partial charge in [-0.15, -0.1) is 0 Å². The largest absolute Gasteiger partial charge is 0.334 e. The van der Waals surface area contributed by atoms with Crippen LogP contribution in [-0.4, -0.2) is 9.66 Å². The number of thioether (sulfide) groups is 1. The van der Waals surface area contributed by atoms with E-state index in [1.807, 2.05) is 12.1 Å². The van der Waals surface area contributed by atoms with Gasteiger partial charge in [0.15, 0.2) is 5.16 Å². The van der Waals surface area contributed by atoms with E-state index >= 15 is 0 Å². The molecule has 0 bridgehead atoms. The molecule has 0 unspecified atom stereocenters. The highest BCUT2D eigenvalue weighted by atomic mass is 79.9. The average molecular weight is 380 g/mol. The zero-order valence-electron chi connectivity index (χ0n) is 11.3. The third-order valence-corrected chi connectivity index (χ3v) is 4.60. The molecule has 3 aromatic rings. The van der Waals surface area contributed by atoms with Gasteiger partial charge >= 0.3 is 0 Å². The summed E-state index contributed by atoms with van der Waals surface area (Å²) in [4.78, 5) is 16.7. The van der Waals surface area contributed by atoms with Crippen LogP contribution < -0.4 is 11.4 Å². The minimum Gasteiger partial charge on any atom is -0.334 e. The topological polar surface area (TPSA) is 60.9 Å². The number of fused-ring (bicyclic) bond motifs is 1. The number of hydrogen-bond donors (Lipinski definition) is 1. The van der Waals surface area contributed by atoms with Crippen molar-refractivity contribution in [3.8, 4) is 0 Å². The standard InChI is InChI=1S/C15H11BrFN3OS/c16-10-4-5-13-12(7-10)14(21)20(18)15(19-13)22-8-9-2-1-3-11(17)6-9/h1-7H,8,18H2. The second kappa shape index (κ2) is 6.10. The molecule has 2 aromatic carbocycles. The minimum absolute atomic E-state index is 0.292. The van der Waals surface area contributed by atoms with Gasteiger partial charge in [0.2, 0.25) is 0 Å². The van der Waals surface area contributed by atoms with Gasteiger partial charge in [0.1, 0.15) is 5.82 Å². The lowest BCUT2D eigenvalue weighted by Gasteiger charge is -2.08. The Bertz CT molecular complexity index is 913. The number of nitrogen functional groups attached to an aromatic ring is 1. The van der Waals surface area contributed by atoms with Crippen molar-refractivity contribution >= 4 is 38.6 Å². The quantitative estimate of drug-likeness (QED) is 0.430. The molecule has 0 radical (unpaired) electrons. The van der Waals surface area contributed by atoms with Crippen molar-refractivity contribution < 1.29 is 4.39 Å². The first-order valence-corrected chi connectivity index (χ1v) is 8.17. The first-order chi connectivity index (χ1) is 10.5. The van der Waals surface area contributed by atoms with Crippen molar-refractivity contribution in [1.82, 2.24) is 9.66 Å². The summed E-state index contributed by atoms with van der Waals surface area (Å²) in [6, 6.07) is 11.6. The third kappa shape index (κ3) is 3.00. The SMILES string of the molecule is Nn1c(SCc2cccc(F)c2)nc2ccc(Br)cc2c1=O. The molecule has 0 aliphatic heterocycles. The van der Waals surface area contributed by atoms with E-state index in [0.717, 1.165) is 14.7 Å². The van der Waals surface area contributed by atoms with Crippen LogP contribution in [0.5, 0.6) is 0 Å². The van der Waals surface area contributed by atoms with Gasteiger partial charge < -0.3 is 5.84 Å². The first-order valence-electron chi connectivity index (χ1n) is 6.39. The van der Waals surface area contributed by atoms with Gasteiger partial charge in [-0.05, 0) is 35.9 Å².